The lowest BCUT2D eigenvalue weighted by Crippen LogP contribution is -2.49. The molecule has 0 bridgehead atoms. The van der Waals surface area contributed by atoms with E-state index in [-0.39, 0.29) is 30.4 Å². The van der Waals surface area contributed by atoms with Gasteiger partial charge in [-0.1, -0.05) is 0 Å². The van der Waals surface area contributed by atoms with Crippen LogP contribution in [-0.4, -0.2) is 55.0 Å². The number of amides is 1. The molecule has 2 aromatic heterocycles. The molecule has 134 valence electrons. The Morgan fingerprint density at radius 3 is 2.56 bits per heavy atom. The molecule has 0 radical (unpaired) electrons. The number of fused-ring (bicyclic) bond motifs is 1. The number of nitrogens with zero attached hydrogens (tertiary/aromatic N) is 5. The van der Waals surface area contributed by atoms with Crippen molar-refractivity contribution in [3.05, 3.63) is 23.3 Å². The Kier molecular flexibility index (Phi) is 4.69. The Hall–Kier alpha value is -2.51. The molecule has 0 aromatic carbocycles. The monoisotopic (exact) mass is 345 g/mol. The second kappa shape index (κ2) is 6.78. The third kappa shape index (κ3) is 3.47. The van der Waals surface area contributed by atoms with Gasteiger partial charge in [0.05, 0.1) is 0 Å². The van der Waals surface area contributed by atoms with Crippen molar-refractivity contribution in [1.82, 2.24) is 24.5 Å². The van der Waals surface area contributed by atoms with E-state index in [1.807, 2.05) is 38.7 Å². The van der Waals surface area contributed by atoms with Gasteiger partial charge in [0.1, 0.15) is 0 Å². The molecule has 0 unspecified atom stereocenters. The average Bonchev–Trinajstić information content (AvgIpc) is 2.96. The van der Waals surface area contributed by atoms with E-state index in [4.69, 9.17) is 4.74 Å². The van der Waals surface area contributed by atoms with Crippen LogP contribution in [0.1, 0.15) is 55.1 Å². The molecule has 1 aliphatic rings. The van der Waals surface area contributed by atoms with Crippen molar-refractivity contribution < 1.29 is 14.3 Å². The summed E-state index contributed by atoms with van der Waals surface area (Å²) in [5.41, 5.74) is 1.61. The van der Waals surface area contributed by atoms with Gasteiger partial charge in [0.2, 0.25) is 0 Å². The largest absolute Gasteiger partial charge is 0.450 e. The highest BCUT2D eigenvalue weighted by Crippen LogP contribution is 2.22. The smallest absolute Gasteiger partial charge is 0.378 e. The van der Waals surface area contributed by atoms with Gasteiger partial charge >= 0.3 is 5.97 Å². The van der Waals surface area contributed by atoms with Gasteiger partial charge in [-0.3, -0.25) is 4.79 Å². The standard InChI is InChI=1S/C17H23N5O3/c1-10-8-13(4)22-17(18-10)19-15(20-22)16(24)25-9-14(23)21-11(2)6-5-7-12(21)3/h8,11-12H,5-7,9H2,1-4H3/t11-,12+. The summed E-state index contributed by atoms with van der Waals surface area (Å²) in [6.45, 7) is 7.45. The minimum atomic E-state index is -0.715. The predicted molar refractivity (Wildman–Crippen MR) is 90.2 cm³/mol. The van der Waals surface area contributed by atoms with Gasteiger partial charge in [-0.25, -0.2) is 14.3 Å². The average molecular weight is 345 g/mol. The topological polar surface area (TPSA) is 89.7 Å². The molecule has 3 rings (SSSR count). The normalized spacial score (nSPS) is 20.7. The fraction of sp³-hybridized carbons (Fsp3) is 0.588. The lowest BCUT2D eigenvalue weighted by atomic mass is 9.97. The number of hydrogen-bond donors (Lipinski definition) is 0. The molecule has 2 aromatic rings. The highest BCUT2D eigenvalue weighted by Gasteiger charge is 2.29. The number of hydrogen-bond acceptors (Lipinski definition) is 6. The van der Waals surface area contributed by atoms with Crippen molar-refractivity contribution in [1.29, 1.82) is 0 Å². The van der Waals surface area contributed by atoms with Crippen molar-refractivity contribution >= 4 is 17.7 Å². The summed E-state index contributed by atoms with van der Waals surface area (Å²) in [7, 11) is 0. The van der Waals surface area contributed by atoms with Crippen LogP contribution < -0.4 is 0 Å². The van der Waals surface area contributed by atoms with Crippen LogP contribution in [0, 0.1) is 13.8 Å². The third-order valence-corrected chi connectivity index (χ3v) is 4.61. The molecule has 0 N–H and O–H groups in total. The quantitative estimate of drug-likeness (QED) is 0.786. The summed E-state index contributed by atoms with van der Waals surface area (Å²) >= 11 is 0. The molecule has 1 aliphatic heterocycles. The first kappa shape index (κ1) is 17.3. The fourth-order valence-corrected chi connectivity index (χ4v) is 3.43. The van der Waals surface area contributed by atoms with E-state index in [1.54, 1.807) is 0 Å². The highest BCUT2D eigenvalue weighted by molar-refractivity contribution is 5.88. The minimum Gasteiger partial charge on any atom is -0.450 e. The number of esters is 1. The molecule has 8 nitrogen and oxygen atoms in total. The summed E-state index contributed by atoms with van der Waals surface area (Å²) in [6, 6.07) is 2.18. The van der Waals surface area contributed by atoms with E-state index in [0.717, 1.165) is 30.7 Å². The lowest BCUT2D eigenvalue weighted by Gasteiger charge is -2.38. The fourth-order valence-electron chi connectivity index (χ4n) is 3.43. The van der Waals surface area contributed by atoms with Gasteiger partial charge in [0.15, 0.2) is 6.61 Å². The van der Waals surface area contributed by atoms with Crippen LogP contribution in [0.2, 0.25) is 0 Å². The molecule has 1 fully saturated rings. The number of piperidine rings is 1. The number of aromatic nitrogens is 4. The molecule has 1 amide bonds. The Bertz CT molecular complexity index is 806. The molecule has 0 spiro atoms. The Labute approximate surface area is 146 Å². The van der Waals surface area contributed by atoms with Gasteiger partial charge in [-0.15, -0.1) is 5.10 Å². The molecule has 0 aliphatic carbocycles. The summed E-state index contributed by atoms with van der Waals surface area (Å²) in [4.78, 5) is 34.8. The van der Waals surface area contributed by atoms with Crippen LogP contribution in [-0.2, 0) is 9.53 Å². The number of carbonyl (C=O) groups is 2. The van der Waals surface area contributed by atoms with Gasteiger partial charge in [-0.2, -0.15) is 4.98 Å². The van der Waals surface area contributed by atoms with Crippen molar-refractivity contribution in [2.45, 2.75) is 59.0 Å². The Balaban J connectivity index is 1.68. The van der Waals surface area contributed by atoms with Crippen molar-refractivity contribution in [2.24, 2.45) is 0 Å². The maximum atomic E-state index is 12.4. The Morgan fingerprint density at radius 2 is 1.88 bits per heavy atom. The first-order chi connectivity index (χ1) is 11.9. The first-order valence-corrected chi connectivity index (χ1v) is 8.56. The summed E-state index contributed by atoms with van der Waals surface area (Å²) in [5, 5.41) is 4.12. The van der Waals surface area contributed by atoms with E-state index < -0.39 is 5.97 Å². The van der Waals surface area contributed by atoms with Crippen molar-refractivity contribution in [3.8, 4) is 0 Å². The van der Waals surface area contributed by atoms with Crippen LogP contribution in [0.3, 0.4) is 0 Å². The van der Waals surface area contributed by atoms with Gasteiger partial charge in [0, 0.05) is 23.5 Å². The first-order valence-electron chi connectivity index (χ1n) is 8.56. The maximum Gasteiger partial charge on any atom is 0.378 e. The lowest BCUT2D eigenvalue weighted by molar-refractivity contribution is -0.140. The van der Waals surface area contributed by atoms with Crippen LogP contribution in [0.25, 0.3) is 5.78 Å². The van der Waals surface area contributed by atoms with E-state index in [9.17, 15) is 9.59 Å². The molecule has 8 heteroatoms. The molecule has 0 saturated carbocycles. The number of ether oxygens (including phenoxy) is 1. The second-order valence-electron chi connectivity index (χ2n) is 6.69. The van der Waals surface area contributed by atoms with E-state index in [2.05, 4.69) is 15.1 Å². The number of aryl methyl sites for hydroxylation is 2. The van der Waals surface area contributed by atoms with Crippen LogP contribution in [0.5, 0.6) is 0 Å². The van der Waals surface area contributed by atoms with E-state index in [1.165, 1.54) is 4.52 Å². The second-order valence-corrected chi connectivity index (χ2v) is 6.69. The zero-order valence-corrected chi connectivity index (χ0v) is 15.0. The van der Waals surface area contributed by atoms with Crippen LogP contribution in [0.15, 0.2) is 6.07 Å². The molecule has 3 heterocycles. The Morgan fingerprint density at radius 1 is 1.20 bits per heavy atom. The van der Waals surface area contributed by atoms with Gasteiger partial charge in [-0.05, 0) is 53.0 Å². The molecule has 1 saturated heterocycles. The SMILES string of the molecule is Cc1cc(C)n2nc(C(=O)OCC(=O)N3[C@H](C)CCC[C@@H]3C)nc2n1. The van der Waals surface area contributed by atoms with Crippen LogP contribution >= 0.6 is 0 Å². The number of carbonyl (C=O) groups excluding carboxylic acids is 2. The zero-order chi connectivity index (χ0) is 18.1. The molecule has 2 atom stereocenters. The summed E-state index contributed by atoms with van der Waals surface area (Å²) in [5.74, 6) is -0.641. The van der Waals surface area contributed by atoms with Crippen molar-refractivity contribution in [2.75, 3.05) is 6.61 Å². The third-order valence-electron chi connectivity index (χ3n) is 4.61. The van der Waals surface area contributed by atoms with Crippen LogP contribution in [0.4, 0.5) is 0 Å². The van der Waals surface area contributed by atoms with Gasteiger partial charge in [0.25, 0.3) is 17.5 Å². The predicted octanol–water partition coefficient (Wildman–Crippen LogP) is 1.69. The minimum absolute atomic E-state index is 0.0891. The summed E-state index contributed by atoms with van der Waals surface area (Å²) < 4.78 is 6.63. The van der Waals surface area contributed by atoms with Gasteiger partial charge < -0.3 is 9.64 Å². The van der Waals surface area contributed by atoms with E-state index >= 15 is 0 Å². The highest BCUT2D eigenvalue weighted by atomic mass is 16.5. The maximum absolute atomic E-state index is 12.4. The summed E-state index contributed by atoms with van der Waals surface area (Å²) in [6.07, 6.45) is 3.06. The van der Waals surface area contributed by atoms with Crippen molar-refractivity contribution in [3.63, 3.8) is 0 Å². The van der Waals surface area contributed by atoms with E-state index in [0.29, 0.717) is 5.78 Å². The number of rotatable bonds is 3. The molecular weight excluding hydrogens is 322 g/mol. The molecular formula is C17H23N5O3. The zero-order valence-electron chi connectivity index (χ0n) is 15.0. The molecule has 25 heavy (non-hydrogen) atoms. The number of likely N-dealkylation sites (tertiary alicyclic amines) is 1.